The van der Waals surface area contributed by atoms with Gasteiger partial charge >= 0.3 is 0 Å². The first-order valence-corrected chi connectivity index (χ1v) is 11.0. The molecular formula is C18H24N2O4S2. The number of hydrogen-bond donors (Lipinski definition) is 0. The number of sulfonamides is 1. The summed E-state index contributed by atoms with van der Waals surface area (Å²) in [6.45, 7) is 6.43. The van der Waals surface area contributed by atoms with Crippen LogP contribution in [0.2, 0.25) is 0 Å². The predicted octanol–water partition coefficient (Wildman–Crippen LogP) is 2.53. The van der Waals surface area contributed by atoms with Crippen LogP contribution in [0.4, 0.5) is 0 Å². The molecule has 1 saturated heterocycles. The summed E-state index contributed by atoms with van der Waals surface area (Å²) in [5, 5.41) is 1.79. The predicted molar refractivity (Wildman–Crippen MR) is 103 cm³/mol. The Morgan fingerprint density at radius 2 is 1.65 bits per heavy atom. The molecule has 0 bridgehead atoms. The molecule has 1 aromatic heterocycles. The lowest BCUT2D eigenvalue weighted by Crippen LogP contribution is -2.49. The summed E-state index contributed by atoms with van der Waals surface area (Å²) in [7, 11) is -3.33. The molecule has 6 nitrogen and oxygen atoms in total. The molecule has 0 atom stereocenters. The molecule has 2 aromatic rings. The fourth-order valence-electron chi connectivity index (χ4n) is 2.82. The van der Waals surface area contributed by atoms with E-state index in [0.29, 0.717) is 30.5 Å². The molecule has 8 heteroatoms. The van der Waals surface area contributed by atoms with Gasteiger partial charge < -0.3 is 9.47 Å². The molecule has 0 radical (unpaired) electrons. The molecule has 3 rings (SSSR count). The van der Waals surface area contributed by atoms with Gasteiger partial charge in [-0.25, -0.2) is 8.42 Å². The van der Waals surface area contributed by atoms with E-state index in [4.69, 9.17) is 9.47 Å². The number of piperazine rings is 1. The number of hydrogen-bond acceptors (Lipinski definition) is 6. The van der Waals surface area contributed by atoms with E-state index in [9.17, 15) is 8.42 Å². The van der Waals surface area contributed by atoms with Gasteiger partial charge in [-0.15, -0.1) is 11.3 Å². The van der Waals surface area contributed by atoms with Gasteiger partial charge in [0, 0.05) is 32.7 Å². The van der Waals surface area contributed by atoms with Crippen molar-refractivity contribution in [1.82, 2.24) is 9.21 Å². The smallest absolute Gasteiger partial charge is 0.252 e. The zero-order valence-electron chi connectivity index (χ0n) is 14.8. The van der Waals surface area contributed by atoms with E-state index >= 15 is 0 Å². The molecule has 142 valence electrons. The summed E-state index contributed by atoms with van der Waals surface area (Å²) in [4.78, 5) is 2.23. The van der Waals surface area contributed by atoms with Crippen molar-refractivity contribution in [3.8, 4) is 11.5 Å². The Hall–Kier alpha value is -1.61. The largest absolute Gasteiger partial charge is 0.494 e. The minimum Gasteiger partial charge on any atom is -0.494 e. The fourth-order valence-corrected chi connectivity index (χ4v) is 5.39. The average molecular weight is 397 g/mol. The summed E-state index contributed by atoms with van der Waals surface area (Å²) in [6.07, 6.45) is 0. The quantitative estimate of drug-likeness (QED) is 0.686. The molecule has 1 aliphatic heterocycles. The highest BCUT2D eigenvalue weighted by Crippen LogP contribution is 2.22. The zero-order valence-corrected chi connectivity index (χ0v) is 16.5. The van der Waals surface area contributed by atoms with Crippen LogP contribution in [0.5, 0.6) is 11.5 Å². The second-order valence-electron chi connectivity index (χ2n) is 5.93. The number of nitrogens with zero attached hydrogens (tertiary/aromatic N) is 2. The summed E-state index contributed by atoms with van der Waals surface area (Å²) in [5.41, 5.74) is 0. The molecule has 1 aliphatic rings. The van der Waals surface area contributed by atoms with Crippen LogP contribution in [0, 0.1) is 0 Å². The van der Waals surface area contributed by atoms with Gasteiger partial charge in [0.15, 0.2) is 0 Å². The van der Waals surface area contributed by atoms with Crippen LogP contribution in [0.25, 0.3) is 0 Å². The topological polar surface area (TPSA) is 59.1 Å². The molecule has 0 unspecified atom stereocenters. The Labute approximate surface area is 159 Å². The van der Waals surface area contributed by atoms with Crippen molar-refractivity contribution >= 4 is 21.4 Å². The molecule has 0 amide bonds. The lowest BCUT2D eigenvalue weighted by Gasteiger charge is -2.33. The van der Waals surface area contributed by atoms with E-state index in [1.807, 2.05) is 31.2 Å². The summed E-state index contributed by atoms with van der Waals surface area (Å²) < 4.78 is 38.2. The summed E-state index contributed by atoms with van der Waals surface area (Å²) in [6, 6.07) is 11.0. The van der Waals surface area contributed by atoms with E-state index in [2.05, 4.69) is 4.90 Å². The number of benzene rings is 1. The van der Waals surface area contributed by atoms with Crippen molar-refractivity contribution in [1.29, 1.82) is 0 Å². The van der Waals surface area contributed by atoms with E-state index in [1.54, 1.807) is 21.8 Å². The molecule has 0 saturated carbocycles. The molecule has 26 heavy (non-hydrogen) atoms. The van der Waals surface area contributed by atoms with Crippen molar-refractivity contribution in [3.05, 3.63) is 41.8 Å². The minimum absolute atomic E-state index is 0.421. The number of ether oxygens (including phenoxy) is 2. The SMILES string of the molecule is CCOc1ccc(OCCN2CCN(S(=O)(=O)c3cccs3)CC2)cc1. The Balaban J connectivity index is 1.42. The van der Waals surface area contributed by atoms with Gasteiger partial charge in [0.2, 0.25) is 0 Å². The molecule has 1 aromatic carbocycles. The first kappa shape index (κ1) is 19.2. The third-order valence-corrected chi connectivity index (χ3v) is 7.50. The monoisotopic (exact) mass is 396 g/mol. The molecule has 1 fully saturated rings. The highest BCUT2D eigenvalue weighted by atomic mass is 32.2. The Morgan fingerprint density at radius 3 is 2.23 bits per heavy atom. The van der Waals surface area contributed by atoms with Crippen LogP contribution in [0.1, 0.15) is 6.92 Å². The van der Waals surface area contributed by atoms with Crippen LogP contribution in [-0.2, 0) is 10.0 Å². The summed E-state index contributed by atoms with van der Waals surface area (Å²) >= 11 is 1.27. The normalized spacial score (nSPS) is 16.5. The average Bonchev–Trinajstić information content (AvgIpc) is 3.20. The second-order valence-corrected chi connectivity index (χ2v) is 9.04. The van der Waals surface area contributed by atoms with Crippen molar-refractivity contribution in [2.75, 3.05) is 45.9 Å². The Bertz CT molecular complexity index is 768. The van der Waals surface area contributed by atoms with Crippen molar-refractivity contribution in [2.45, 2.75) is 11.1 Å². The van der Waals surface area contributed by atoms with Crippen molar-refractivity contribution in [2.24, 2.45) is 0 Å². The minimum atomic E-state index is -3.33. The van der Waals surface area contributed by atoms with Gasteiger partial charge in [-0.2, -0.15) is 4.31 Å². The van der Waals surface area contributed by atoms with Crippen LogP contribution in [0.15, 0.2) is 46.0 Å². The maximum atomic E-state index is 12.5. The third-order valence-electron chi connectivity index (χ3n) is 4.23. The third kappa shape index (κ3) is 4.76. The van der Waals surface area contributed by atoms with E-state index in [1.165, 1.54) is 11.3 Å². The van der Waals surface area contributed by atoms with Gasteiger partial charge in [-0.1, -0.05) is 6.07 Å². The van der Waals surface area contributed by atoms with Crippen LogP contribution < -0.4 is 9.47 Å². The first-order chi connectivity index (χ1) is 12.6. The van der Waals surface area contributed by atoms with Crippen molar-refractivity contribution in [3.63, 3.8) is 0 Å². The highest BCUT2D eigenvalue weighted by molar-refractivity contribution is 7.91. The van der Waals surface area contributed by atoms with Gasteiger partial charge in [-0.05, 0) is 42.6 Å². The van der Waals surface area contributed by atoms with E-state index < -0.39 is 10.0 Å². The van der Waals surface area contributed by atoms with Crippen LogP contribution in [0.3, 0.4) is 0 Å². The van der Waals surface area contributed by atoms with Gasteiger partial charge in [0.1, 0.15) is 22.3 Å². The summed E-state index contributed by atoms with van der Waals surface area (Å²) in [5.74, 6) is 1.65. The van der Waals surface area contributed by atoms with E-state index in [0.717, 1.165) is 31.1 Å². The van der Waals surface area contributed by atoms with Crippen LogP contribution in [-0.4, -0.2) is 63.6 Å². The van der Waals surface area contributed by atoms with Gasteiger partial charge in [0.25, 0.3) is 10.0 Å². The molecule has 2 heterocycles. The first-order valence-electron chi connectivity index (χ1n) is 8.71. The molecular weight excluding hydrogens is 372 g/mol. The van der Waals surface area contributed by atoms with Gasteiger partial charge in [0.05, 0.1) is 6.61 Å². The molecule has 0 aliphatic carbocycles. The number of thiophene rings is 1. The highest BCUT2D eigenvalue weighted by Gasteiger charge is 2.28. The number of rotatable bonds is 8. The standard InChI is InChI=1S/C18H24N2O4S2/c1-2-23-16-5-7-17(8-6-16)24-14-13-19-9-11-20(12-10-19)26(21,22)18-4-3-15-25-18/h3-8,15H,2,9-14H2,1H3. The zero-order chi connectivity index (χ0) is 18.4. The van der Waals surface area contributed by atoms with Crippen molar-refractivity contribution < 1.29 is 17.9 Å². The molecule has 0 N–H and O–H groups in total. The van der Waals surface area contributed by atoms with Gasteiger partial charge in [-0.3, -0.25) is 4.90 Å². The lowest BCUT2D eigenvalue weighted by atomic mass is 10.3. The lowest BCUT2D eigenvalue weighted by molar-refractivity contribution is 0.159. The Morgan fingerprint density at radius 1 is 1.00 bits per heavy atom. The second kappa shape index (κ2) is 8.85. The van der Waals surface area contributed by atoms with Crippen LogP contribution >= 0.6 is 11.3 Å². The molecule has 0 spiro atoms. The maximum Gasteiger partial charge on any atom is 0.252 e. The van der Waals surface area contributed by atoms with E-state index in [-0.39, 0.29) is 0 Å². The maximum absolute atomic E-state index is 12.5. The fraction of sp³-hybridized carbons (Fsp3) is 0.444. The Kier molecular flexibility index (Phi) is 6.53.